The predicted octanol–water partition coefficient (Wildman–Crippen LogP) is 2.64. The van der Waals surface area contributed by atoms with E-state index in [4.69, 9.17) is 5.73 Å². The van der Waals surface area contributed by atoms with Crippen LogP contribution in [-0.4, -0.2) is 24.9 Å². The van der Waals surface area contributed by atoms with Crippen LogP contribution in [0.3, 0.4) is 0 Å². The van der Waals surface area contributed by atoms with Crippen LogP contribution in [-0.2, 0) is 0 Å². The summed E-state index contributed by atoms with van der Waals surface area (Å²) in [6, 6.07) is 14.2. The van der Waals surface area contributed by atoms with Crippen molar-refractivity contribution in [2.24, 2.45) is 5.73 Å². The molecular weight excluding hydrogens is 290 g/mol. The van der Waals surface area contributed by atoms with E-state index in [1.54, 1.807) is 24.3 Å². The molecule has 2 aromatic rings. The summed E-state index contributed by atoms with van der Waals surface area (Å²) in [5, 5.41) is 2.78. The zero-order valence-electron chi connectivity index (χ0n) is 12.8. The van der Waals surface area contributed by atoms with E-state index in [0.717, 1.165) is 18.8 Å². The second-order valence-corrected chi connectivity index (χ2v) is 5.64. The first-order chi connectivity index (χ1) is 11.1. The Hall–Kier alpha value is -2.82. The molecule has 2 amide bonds. The van der Waals surface area contributed by atoms with Gasteiger partial charge in [-0.25, -0.2) is 0 Å². The van der Waals surface area contributed by atoms with Crippen LogP contribution in [0.4, 0.5) is 11.4 Å². The number of benzene rings is 2. The molecule has 0 atom stereocenters. The lowest BCUT2D eigenvalue weighted by atomic mass is 10.1. The largest absolute Gasteiger partial charge is 0.372 e. The number of carbonyl (C=O) groups is 2. The third-order valence-electron chi connectivity index (χ3n) is 4.01. The summed E-state index contributed by atoms with van der Waals surface area (Å²) in [5.41, 5.74) is 7.89. The van der Waals surface area contributed by atoms with Crippen molar-refractivity contribution < 1.29 is 9.59 Å². The van der Waals surface area contributed by atoms with Crippen LogP contribution in [0.5, 0.6) is 0 Å². The predicted molar refractivity (Wildman–Crippen MR) is 90.8 cm³/mol. The van der Waals surface area contributed by atoms with E-state index >= 15 is 0 Å². The van der Waals surface area contributed by atoms with Crippen LogP contribution in [0.15, 0.2) is 48.5 Å². The maximum atomic E-state index is 12.3. The summed E-state index contributed by atoms with van der Waals surface area (Å²) < 4.78 is 0. The van der Waals surface area contributed by atoms with Gasteiger partial charge in [-0.2, -0.15) is 0 Å². The highest BCUT2D eigenvalue weighted by Gasteiger charge is 2.13. The number of amides is 2. The summed E-state index contributed by atoms with van der Waals surface area (Å²) in [4.78, 5) is 25.8. The standard InChI is InChI=1S/C18H19N3O2/c19-17(22)14-4-3-5-15(12-14)20-18(23)13-6-8-16(9-7-13)21-10-1-2-11-21/h3-9,12H,1-2,10-11H2,(H2,19,22)(H,20,23). The molecule has 2 aromatic carbocycles. The van der Waals surface area contributed by atoms with E-state index in [0.29, 0.717) is 16.8 Å². The number of hydrogen-bond acceptors (Lipinski definition) is 3. The molecule has 5 nitrogen and oxygen atoms in total. The topological polar surface area (TPSA) is 75.4 Å². The number of hydrogen-bond donors (Lipinski definition) is 2. The van der Waals surface area contributed by atoms with Crippen LogP contribution in [0.25, 0.3) is 0 Å². The highest BCUT2D eigenvalue weighted by atomic mass is 16.2. The average molecular weight is 309 g/mol. The Labute approximate surface area is 135 Å². The zero-order valence-corrected chi connectivity index (χ0v) is 12.8. The third kappa shape index (κ3) is 3.51. The van der Waals surface area contributed by atoms with Gasteiger partial charge in [0.25, 0.3) is 5.91 Å². The molecule has 1 heterocycles. The highest BCUT2D eigenvalue weighted by molar-refractivity contribution is 6.05. The van der Waals surface area contributed by atoms with Gasteiger partial charge in [-0.1, -0.05) is 6.07 Å². The van der Waals surface area contributed by atoms with Gasteiger partial charge in [0.1, 0.15) is 0 Å². The Morgan fingerprint density at radius 2 is 1.65 bits per heavy atom. The number of nitrogens with zero attached hydrogens (tertiary/aromatic N) is 1. The minimum absolute atomic E-state index is 0.209. The van der Waals surface area contributed by atoms with Crippen molar-refractivity contribution in [3.05, 3.63) is 59.7 Å². The van der Waals surface area contributed by atoms with Crippen molar-refractivity contribution in [2.45, 2.75) is 12.8 Å². The molecule has 0 spiro atoms. The van der Waals surface area contributed by atoms with Gasteiger partial charge in [-0.15, -0.1) is 0 Å². The molecule has 1 aliphatic heterocycles. The van der Waals surface area contributed by atoms with Crippen LogP contribution in [0, 0.1) is 0 Å². The van der Waals surface area contributed by atoms with E-state index in [9.17, 15) is 9.59 Å². The zero-order chi connectivity index (χ0) is 16.2. The number of carbonyl (C=O) groups excluding carboxylic acids is 2. The van der Waals surface area contributed by atoms with Crippen LogP contribution >= 0.6 is 0 Å². The summed E-state index contributed by atoms with van der Waals surface area (Å²) in [6.07, 6.45) is 2.44. The first-order valence-electron chi connectivity index (χ1n) is 7.70. The molecule has 1 aliphatic rings. The monoisotopic (exact) mass is 309 g/mol. The quantitative estimate of drug-likeness (QED) is 0.911. The fraction of sp³-hybridized carbons (Fsp3) is 0.222. The third-order valence-corrected chi connectivity index (χ3v) is 4.01. The van der Waals surface area contributed by atoms with Gasteiger partial charge in [0, 0.05) is 35.6 Å². The molecule has 1 fully saturated rings. The average Bonchev–Trinajstić information content (AvgIpc) is 3.09. The van der Waals surface area contributed by atoms with Crippen molar-refractivity contribution in [1.82, 2.24) is 0 Å². The molecular formula is C18H19N3O2. The second kappa shape index (κ2) is 6.52. The molecule has 0 aliphatic carbocycles. The number of nitrogens with one attached hydrogen (secondary N) is 1. The van der Waals surface area contributed by atoms with Crippen molar-refractivity contribution in [2.75, 3.05) is 23.3 Å². The van der Waals surface area contributed by atoms with Gasteiger partial charge in [-0.3, -0.25) is 9.59 Å². The van der Waals surface area contributed by atoms with Gasteiger partial charge in [0.15, 0.2) is 0 Å². The van der Waals surface area contributed by atoms with E-state index in [1.165, 1.54) is 12.8 Å². The minimum Gasteiger partial charge on any atom is -0.372 e. The SMILES string of the molecule is NC(=O)c1cccc(NC(=O)c2ccc(N3CCCC3)cc2)c1. The molecule has 0 radical (unpaired) electrons. The molecule has 1 saturated heterocycles. The summed E-state index contributed by atoms with van der Waals surface area (Å²) in [6.45, 7) is 2.15. The maximum absolute atomic E-state index is 12.3. The van der Waals surface area contributed by atoms with Gasteiger partial charge in [-0.05, 0) is 55.3 Å². The molecule has 23 heavy (non-hydrogen) atoms. The molecule has 0 aromatic heterocycles. The highest BCUT2D eigenvalue weighted by Crippen LogP contribution is 2.21. The Bertz CT molecular complexity index is 719. The first kappa shape index (κ1) is 15.1. The van der Waals surface area contributed by atoms with E-state index < -0.39 is 5.91 Å². The Balaban J connectivity index is 1.70. The number of nitrogens with two attached hydrogens (primary N) is 1. The minimum atomic E-state index is -0.518. The van der Waals surface area contributed by atoms with Gasteiger partial charge < -0.3 is 16.0 Å². The molecule has 3 rings (SSSR count). The Morgan fingerprint density at radius 1 is 0.957 bits per heavy atom. The molecule has 0 bridgehead atoms. The lowest BCUT2D eigenvalue weighted by Gasteiger charge is -2.17. The number of anilines is 2. The Kier molecular flexibility index (Phi) is 4.28. The number of primary amides is 1. The molecule has 0 saturated carbocycles. The normalized spacial score (nSPS) is 13.8. The van der Waals surface area contributed by atoms with Gasteiger partial charge in [0.2, 0.25) is 5.91 Å². The van der Waals surface area contributed by atoms with E-state index in [1.807, 2.05) is 24.3 Å². The maximum Gasteiger partial charge on any atom is 0.255 e. The van der Waals surface area contributed by atoms with Crippen molar-refractivity contribution in [3.8, 4) is 0 Å². The fourth-order valence-electron chi connectivity index (χ4n) is 2.75. The molecule has 5 heteroatoms. The summed E-state index contributed by atoms with van der Waals surface area (Å²) in [5.74, 6) is -0.726. The molecule has 118 valence electrons. The smallest absolute Gasteiger partial charge is 0.255 e. The van der Waals surface area contributed by atoms with Crippen molar-refractivity contribution in [3.63, 3.8) is 0 Å². The first-order valence-corrected chi connectivity index (χ1v) is 7.70. The lowest BCUT2D eigenvalue weighted by Crippen LogP contribution is -2.18. The number of rotatable bonds is 4. The van der Waals surface area contributed by atoms with Gasteiger partial charge >= 0.3 is 0 Å². The van der Waals surface area contributed by atoms with Crippen LogP contribution in [0.1, 0.15) is 33.6 Å². The Morgan fingerprint density at radius 3 is 2.30 bits per heavy atom. The van der Waals surface area contributed by atoms with Crippen molar-refractivity contribution in [1.29, 1.82) is 0 Å². The molecule has 0 unspecified atom stereocenters. The second-order valence-electron chi connectivity index (χ2n) is 5.64. The lowest BCUT2D eigenvalue weighted by molar-refractivity contribution is 0.0996. The van der Waals surface area contributed by atoms with Crippen LogP contribution < -0.4 is 16.0 Å². The summed E-state index contributed by atoms with van der Waals surface area (Å²) >= 11 is 0. The van der Waals surface area contributed by atoms with Gasteiger partial charge in [0.05, 0.1) is 0 Å². The van der Waals surface area contributed by atoms with Crippen LogP contribution in [0.2, 0.25) is 0 Å². The van der Waals surface area contributed by atoms with Crippen molar-refractivity contribution >= 4 is 23.2 Å². The van der Waals surface area contributed by atoms with E-state index in [-0.39, 0.29) is 5.91 Å². The van der Waals surface area contributed by atoms with E-state index in [2.05, 4.69) is 10.2 Å². The fourth-order valence-corrected chi connectivity index (χ4v) is 2.75. The molecule has 3 N–H and O–H groups in total. The summed E-state index contributed by atoms with van der Waals surface area (Å²) in [7, 11) is 0.